The summed E-state index contributed by atoms with van der Waals surface area (Å²) in [5.74, 6) is 2.32. The van der Waals surface area contributed by atoms with Crippen LogP contribution in [0.2, 0.25) is 0 Å². The second kappa shape index (κ2) is 15.4. The Kier molecular flexibility index (Phi) is 12.2. The molecule has 0 radical (unpaired) electrons. The number of hydrogen-bond donors (Lipinski definition) is 1. The van der Waals surface area contributed by atoms with Gasteiger partial charge in [-0.2, -0.15) is 17.0 Å². The van der Waals surface area contributed by atoms with Gasteiger partial charge in [0.05, 0.1) is 17.4 Å². The average molecular weight is 570 g/mol. The van der Waals surface area contributed by atoms with E-state index in [1.807, 2.05) is 72.4 Å². The van der Waals surface area contributed by atoms with Crippen LogP contribution in [0.5, 0.6) is 0 Å². The predicted octanol–water partition coefficient (Wildman–Crippen LogP) is 8.60. The van der Waals surface area contributed by atoms with Crippen LogP contribution in [0.1, 0.15) is 51.0 Å². The van der Waals surface area contributed by atoms with E-state index in [1.54, 1.807) is 0 Å². The molecule has 0 bridgehead atoms. The van der Waals surface area contributed by atoms with E-state index in [-0.39, 0.29) is 0 Å². The van der Waals surface area contributed by atoms with Crippen molar-refractivity contribution < 1.29 is 5.11 Å². The van der Waals surface area contributed by atoms with Gasteiger partial charge in [0, 0.05) is 27.1 Å². The molecule has 2 aromatic carbocycles. The van der Waals surface area contributed by atoms with E-state index in [4.69, 9.17) is 4.98 Å². The highest BCUT2D eigenvalue weighted by Gasteiger charge is 2.17. The summed E-state index contributed by atoms with van der Waals surface area (Å²) >= 11 is 6.78. The van der Waals surface area contributed by atoms with Gasteiger partial charge in [0.15, 0.2) is 0 Å². The molecule has 0 fully saturated rings. The third kappa shape index (κ3) is 8.99. The number of thioether (sulfide) groups is 2. The number of benzene rings is 2. The third-order valence-corrected chi connectivity index (χ3v) is 8.53. The number of nitriles is 1. The number of halogens is 1. The lowest BCUT2D eigenvalue weighted by Gasteiger charge is -2.14. The van der Waals surface area contributed by atoms with E-state index in [9.17, 15) is 10.4 Å². The van der Waals surface area contributed by atoms with Crippen molar-refractivity contribution >= 4 is 39.5 Å². The summed E-state index contributed by atoms with van der Waals surface area (Å²) < 4.78 is 1.01. The van der Waals surface area contributed by atoms with E-state index < -0.39 is 6.10 Å². The van der Waals surface area contributed by atoms with Crippen LogP contribution in [-0.2, 0) is 0 Å². The monoisotopic (exact) mass is 568 g/mol. The van der Waals surface area contributed by atoms with Crippen LogP contribution in [0, 0.1) is 11.3 Å². The Morgan fingerprint density at radius 3 is 2.37 bits per heavy atom. The van der Waals surface area contributed by atoms with Gasteiger partial charge >= 0.3 is 0 Å². The highest BCUT2D eigenvalue weighted by Crippen LogP contribution is 2.34. The van der Waals surface area contributed by atoms with Crippen LogP contribution in [0.25, 0.3) is 22.4 Å². The summed E-state index contributed by atoms with van der Waals surface area (Å²) in [6, 6.07) is 22.4. The average Bonchev–Trinajstić information content (AvgIpc) is 2.89. The number of hydrogen-bond acceptors (Lipinski definition) is 5. The SMILES string of the molecule is CCCCCCCCSCC(O)CSc1nc(-c2ccc(Br)cc2)cc(-c2ccccc2)c1C#N. The minimum Gasteiger partial charge on any atom is -0.391 e. The molecule has 0 aliphatic carbocycles. The van der Waals surface area contributed by atoms with Gasteiger partial charge in [0.1, 0.15) is 11.1 Å². The van der Waals surface area contributed by atoms with Crippen molar-refractivity contribution in [1.29, 1.82) is 5.26 Å². The van der Waals surface area contributed by atoms with Crippen LogP contribution >= 0.6 is 39.5 Å². The number of nitrogens with zero attached hydrogens (tertiary/aromatic N) is 2. The highest BCUT2D eigenvalue weighted by atomic mass is 79.9. The van der Waals surface area contributed by atoms with Crippen molar-refractivity contribution in [3.8, 4) is 28.5 Å². The molecule has 0 saturated carbocycles. The van der Waals surface area contributed by atoms with E-state index in [2.05, 4.69) is 28.9 Å². The predicted molar refractivity (Wildman–Crippen MR) is 155 cm³/mol. The fraction of sp³-hybridized carbons (Fsp3) is 0.379. The van der Waals surface area contributed by atoms with Crippen molar-refractivity contribution in [2.45, 2.75) is 56.6 Å². The first-order chi connectivity index (χ1) is 17.1. The zero-order chi connectivity index (χ0) is 24.9. The second-order valence-electron chi connectivity index (χ2n) is 8.53. The van der Waals surface area contributed by atoms with Crippen LogP contribution in [-0.4, -0.2) is 33.5 Å². The number of unbranched alkanes of at least 4 members (excludes halogenated alkanes) is 5. The molecule has 184 valence electrons. The second-order valence-corrected chi connectivity index (χ2v) is 11.6. The Morgan fingerprint density at radius 2 is 1.66 bits per heavy atom. The molecule has 1 atom stereocenters. The van der Waals surface area contributed by atoms with E-state index >= 15 is 0 Å². The highest BCUT2D eigenvalue weighted by molar-refractivity contribution is 9.10. The topological polar surface area (TPSA) is 56.9 Å². The maximum Gasteiger partial charge on any atom is 0.115 e. The number of rotatable bonds is 14. The fourth-order valence-corrected chi connectivity index (χ4v) is 6.08. The van der Waals surface area contributed by atoms with Gasteiger partial charge in [-0.3, -0.25) is 0 Å². The Bertz CT molecular complexity index is 1080. The van der Waals surface area contributed by atoms with Crippen LogP contribution in [0.15, 0.2) is 70.2 Å². The summed E-state index contributed by atoms with van der Waals surface area (Å²) in [6.07, 6.45) is 7.31. The number of aliphatic hydroxyl groups excluding tert-OH is 1. The van der Waals surface area contributed by atoms with Crippen LogP contribution in [0.3, 0.4) is 0 Å². The summed E-state index contributed by atoms with van der Waals surface area (Å²) in [4.78, 5) is 4.85. The Labute approximate surface area is 226 Å². The van der Waals surface area contributed by atoms with E-state index in [0.29, 0.717) is 22.1 Å². The Balaban J connectivity index is 1.69. The molecule has 6 heteroatoms. The third-order valence-electron chi connectivity index (χ3n) is 5.69. The summed E-state index contributed by atoms with van der Waals surface area (Å²) in [7, 11) is 0. The minimum atomic E-state index is -0.435. The molecule has 1 heterocycles. The maximum atomic E-state index is 10.6. The fourth-order valence-electron chi connectivity index (χ4n) is 3.78. The van der Waals surface area contributed by atoms with Gasteiger partial charge in [-0.05, 0) is 35.9 Å². The molecular formula is C29H33BrN2OS2. The number of aromatic nitrogens is 1. The molecule has 3 rings (SSSR count). The van der Waals surface area contributed by atoms with Crippen molar-refractivity contribution in [3.05, 3.63) is 70.7 Å². The number of pyridine rings is 1. The van der Waals surface area contributed by atoms with E-state index in [1.165, 1.54) is 50.3 Å². The molecule has 35 heavy (non-hydrogen) atoms. The molecule has 3 nitrogen and oxygen atoms in total. The van der Waals surface area contributed by atoms with Crippen LogP contribution < -0.4 is 0 Å². The van der Waals surface area contributed by atoms with Crippen LogP contribution in [0.4, 0.5) is 0 Å². The zero-order valence-electron chi connectivity index (χ0n) is 20.3. The van der Waals surface area contributed by atoms with Crippen molar-refractivity contribution in [1.82, 2.24) is 4.98 Å². The zero-order valence-corrected chi connectivity index (χ0v) is 23.5. The van der Waals surface area contributed by atoms with Gasteiger partial charge in [0.2, 0.25) is 0 Å². The summed E-state index contributed by atoms with van der Waals surface area (Å²) in [6.45, 7) is 2.24. The molecule has 0 saturated heterocycles. The molecule has 1 N–H and O–H groups in total. The molecule has 0 aliphatic heterocycles. The van der Waals surface area contributed by atoms with Gasteiger partial charge in [-0.1, -0.05) is 97.4 Å². The normalized spacial score (nSPS) is 11.8. The van der Waals surface area contributed by atoms with Gasteiger partial charge in [-0.25, -0.2) is 4.98 Å². The molecule has 3 aromatic rings. The van der Waals surface area contributed by atoms with Crippen molar-refractivity contribution in [2.24, 2.45) is 0 Å². The Morgan fingerprint density at radius 1 is 0.943 bits per heavy atom. The summed E-state index contributed by atoms with van der Waals surface area (Å²) in [5, 5.41) is 21.3. The maximum absolute atomic E-state index is 10.6. The molecule has 0 amide bonds. The standard InChI is InChI=1S/C29H33BrN2OS2/c1-2-3-4-5-6-10-17-34-20-25(33)21-35-29-27(19-31)26(22-11-8-7-9-12-22)18-28(32-29)23-13-15-24(30)16-14-23/h7-9,11-16,18,25,33H,2-6,10,17,20-21H2,1H3. The van der Waals surface area contributed by atoms with Gasteiger partial charge < -0.3 is 5.11 Å². The van der Waals surface area contributed by atoms with Gasteiger partial charge in [-0.15, -0.1) is 11.8 Å². The lowest BCUT2D eigenvalue weighted by molar-refractivity contribution is 0.225. The molecule has 0 spiro atoms. The Hall–Kier alpha value is -1.78. The smallest absolute Gasteiger partial charge is 0.115 e. The van der Waals surface area contributed by atoms with Crippen molar-refractivity contribution in [2.75, 3.05) is 17.3 Å². The first kappa shape index (κ1) is 27.8. The minimum absolute atomic E-state index is 0.435. The summed E-state index contributed by atoms with van der Waals surface area (Å²) in [5.41, 5.74) is 4.24. The quantitative estimate of drug-likeness (QED) is 0.156. The first-order valence-electron chi connectivity index (χ1n) is 12.3. The van der Waals surface area contributed by atoms with Crippen molar-refractivity contribution in [3.63, 3.8) is 0 Å². The molecule has 0 aliphatic rings. The largest absolute Gasteiger partial charge is 0.391 e. The van der Waals surface area contributed by atoms with E-state index in [0.717, 1.165) is 32.6 Å². The molecule has 1 aromatic heterocycles. The lowest BCUT2D eigenvalue weighted by atomic mass is 9.99. The lowest BCUT2D eigenvalue weighted by Crippen LogP contribution is -2.14. The molecular weight excluding hydrogens is 536 g/mol. The first-order valence-corrected chi connectivity index (χ1v) is 15.2. The van der Waals surface area contributed by atoms with Gasteiger partial charge in [0.25, 0.3) is 0 Å². The molecule has 1 unspecified atom stereocenters. The number of aliphatic hydroxyl groups is 1.